The normalized spacial score (nSPS) is 19.2. The van der Waals surface area contributed by atoms with Crippen molar-refractivity contribution in [1.29, 1.82) is 0 Å². The molecule has 0 aliphatic carbocycles. The molecule has 1 unspecified atom stereocenters. The zero-order valence-corrected chi connectivity index (χ0v) is 8.50. The van der Waals surface area contributed by atoms with Gasteiger partial charge >= 0.3 is 0 Å². The smallest absolute Gasteiger partial charge is 0.242 e. The van der Waals surface area contributed by atoms with Crippen molar-refractivity contribution in [2.24, 2.45) is 11.8 Å². The predicted molar refractivity (Wildman–Crippen MR) is 49.8 cm³/mol. The molecule has 2 nitrogen and oxygen atoms in total. The summed E-state index contributed by atoms with van der Waals surface area (Å²) in [5.41, 5.74) is 0. The minimum Gasteiger partial charge on any atom is -0.329 e. The highest BCUT2D eigenvalue weighted by Gasteiger charge is 2.38. The Bertz CT molecular complexity index is 175. The maximum atomic E-state index is 10.9. The van der Waals surface area contributed by atoms with Crippen molar-refractivity contribution in [1.82, 2.24) is 4.90 Å². The number of hydrogen-bond donors (Lipinski definition) is 0. The molecule has 0 spiro atoms. The van der Waals surface area contributed by atoms with Gasteiger partial charge in [-0.15, -0.1) is 0 Å². The summed E-state index contributed by atoms with van der Waals surface area (Å²) in [6.07, 6.45) is 1.14. The van der Waals surface area contributed by atoms with Gasteiger partial charge in [-0.25, -0.2) is 0 Å². The third-order valence-corrected chi connectivity index (χ3v) is 2.41. The molecule has 70 valence electrons. The largest absolute Gasteiger partial charge is 0.329 e. The standard InChI is InChI=1S/C10H19NO/c1-7(2)5-9(8(3)4)11-6-10(11)12/h7-9H,5-6H2,1-4H3. The Kier molecular flexibility index (Phi) is 2.76. The molecular weight excluding hydrogens is 150 g/mol. The van der Waals surface area contributed by atoms with Crippen molar-refractivity contribution < 1.29 is 4.79 Å². The molecule has 0 aromatic carbocycles. The van der Waals surface area contributed by atoms with Crippen LogP contribution in [0.4, 0.5) is 0 Å². The summed E-state index contributed by atoms with van der Waals surface area (Å²) in [5.74, 6) is 1.61. The van der Waals surface area contributed by atoms with Crippen LogP contribution in [0.2, 0.25) is 0 Å². The van der Waals surface area contributed by atoms with E-state index in [2.05, 4.69) is 27.7 Å². The number of carbonyl (C=O) groups is 1. The molecule has 0 saturated carbocycles. The second kappa shape index (κ2) is 3.46. The van der Waals surface area contributed by atoms with Crippen LogP contribution in [-0.2, 0) is 4.79 Å². The summed E-state index contributed by atoms with van der Waals surface area (Å²) in [7, 11) is 0. The van der Waals surface area contributed by atoms with Gasteiger partial charge in [-0.05, 0) is 18.3 Å². The van der Waals surface area contributed by atoms with Gasteiger partial charge in [0, 0.05) is 6.04 Å². The van der Waals surface area contributed by atoms with Crippen LogP contribution in [0.15, 0.2) is 0 Å². The Hall–Kier alpha value is -0.530. The van der Waals surface area contributed by atoms with Crippen LogP contribution < -0.4 is 0 Å². The molecule has 1 rings (SSSR count). The fourth-order valence-electron chi connectivity index (χ4n) is 1.65. The summed E-state index contributed by atoms with van der Waals surface area (Å²) >= 11 is 0. The fourth-order valence-corrected chi connectivity index (χ4v) is 1.65. The highest BCUT2D eigenvalue weighted by molar-refractivity contribution is 5.92. The van der Waals surface area contributed by atoms with Crippen molar-refractivity contribution in [2.45, 2.75) is 40.2 Å². The molecule has 1 atom stereocenters. The van der Waals surface area contributed by atoms with Gasteiger partial charge in [0.1, 0.15) is 6.54 Å². The highest BCUT2D eigenvalue weighted by Crippen LogP contribution is 2.25. The monoisotopic (exact) mass is 169 g/mol. The van der Waals surface area contributed by atoms with Crippen molar-refractivity contribution >= 4 is 5.91 Å². The van der Waals surface area contributed by atoms with Gasteiger partial charge in [0.15, 0.2) is 0 Å². The van der Waals surface area contributed by atoms with Crippen LogP contribution in [0, 0.1) is 11.8 Å². The second-order valence-corrected chi connectivity index (χ2v) is 4.46. The van der Waals surface area contributed by atoms with Gasteiger partial charge in [0.05, 0.1) is 0 Å². The summed E-state index contributed by atoms with van der Waals surface area (Å²) in [6, 6.07) is 0.484. The first-order valence-electron chi connectivity index (χ1n) is 4.81. The first-order chi connectivity index (χ1) is 5.52. The van der Waals surface area contributed by atoms with Crippen LogP contribution in [0.5, 0.6) is 0 Å². The number of rotatable bonds is 4. The average molecular weight is 169 g/mol. The number of carbonyl (C=O) groups excluding carboxylic acids is 1. The van der Waals surface area contributed by atoms with Gasteiger partial charge in [-0.1, -0.05) is 27.7 Å². The van der Waals surface area contributed by atoms with E-state index in [1.165, 1.54) is 0 Å². The molecule has 0 aromatic heterocycles. The molecule has 0 bridgehead atoms. The molecule has 1 fully saturated rings. The SMILES string of the molecule is CC(C)CC(C(C)C)N1CC1=O. The lowest BCUT2D eigenvalue weighted by Crippen LogP contribution is -2.27. The number of amides is 1. The summed E-state index contributed by atoms with van der Waals surface area (Å²) < 4.78 is 0. The Morgan fingerprint density at radius 2 is 1.83 bits per heavy atom. The topological polar surface area (TPSA) is 20.1 Å². The van der Waals surface area contributed by atoms with Crippen LogP contribution in [0.1, 0.15) is 34.1 Å². The molecule has 1 saturated heterocycles. The van der Waals surface area contributed by atoms with E-state index in [1.807, 2.05) is 4.90 Å². The zero-order chi connectivity index (χ0) is 9.30. The average Bonchev–Trinajstić information content (AvgIpc) is 2.61. The molecule has 1 aliphatic rings. The van der Waals surface area contributed by atoms with E-state index in [0.717, 1.165) is 6.42 Å². The highest BCUT2D eigenvalue weighted by atomic mass is 16.2. The molecule has 1 aliphatic heterocycles. The van der Waals surface area contributed by atoms with Crippen molar-refractivity contribution in [3.8, 4) is 0 Å². The van der Waals surface area contributed by atoms with E-state index in [1.54, 1.807) is 0 Å². The maximum absolute atomic E-state index is 10.9. The molecule has 1 heterocycles. The molecule has 0 aromatic rings. The summed E-state index contributed by atoms with van der Waals surface area (Å²) in [6.45, 7) is 9.50. The van der Waals surface area contributed by atoms with Crippen molar-refractivity contribution in [2.75, 3.05) is 6.54 Å². The van der Waals surface area contributed by atoms with E-state index < -0.39 is 0 Å². The third-order valence-electron chi connectivity index (χ3n) is 2.41. The second-order valence-electron chi connectivity index (χ2n) is 4.46. The molecular formula is C10H19NO. The molecule has 2 heteroatoms. The quantitative estimate of drug-likeness (QED) is 0.588. The summed E-state index contributed by atoms with van der Waals surface area (Å²) in [4.78, 5) is 12.9. The van der Waals surface area contributed by atoms with Gasteiger partial charge in [-0.2, -0.15) is 0 Å². The minimum absolute atomic E-state index is 0.328. The Balaban J connectivity index is 2.44. The van der Waals surface area contributed by atoms with Crippen LogP contribution in [0.25, 0.3) is 0 Å². The number of nitrogens with zero attached hydrogens (tertiary/aromatic N) is 1. The van der Waals surface area contributed by atoms with E-state index >= 15 is 0 Å². The lowest BCUT2D eigenvalue weighted by atomic mass is 9.94. The van der Waals surface area contributed by atoms with Crippen LogP contribution in [-0.4, -0.2) is 23.4 Å². The minimum atomic E-state index is 0.328. The zero-order valence-electron chi connectivity index (χ0n) is 8.50. The Morgan fingerprint density at radius 1 is 1.33 bits per heavy atom. The number of hydrogen-bond acceptors (Lipinski definition) is 1. The van der Waals surface area contributed by atoms with E-state index in [9.17, 15) is 4.79 Å². The van der Waals surface area contributed by atoms with Crippen LogP contribution in [0.3, 0.4) is 0 Å². The first kappa shape index (κ1) is 9.56. The van der Waals surface area contributed by atoms with Gasteiger partial charge in [0.25, 0.3) is 0 Å². The lowest BCUT2D eigenvalue weighted by molar-refractivity contribution is -0.114. The molecule has 12 heavy (non-hydrogen) atoms. The molecule has 0 N–H and O–H groups in total. The van der Waals surface area contributed by atoms with Crippen molar-refractivity contribution in [3.05, 3.63) is 0 Å². The third kappa shape index (κ3) is 2.23. The van der Waals surface area contributed by atoms with Crippen LogP contribution >= 0.6 is 0 Å². The maximum Gasteiger partial charge on any atom is 0.242 e. The summed E-state index contributed by atoms with van der Waals surface area (Å²) in [5, 5.41) is 0. The Morgan fingerprint density at radius 3 is 2.08 bits per heavy atom. The molecule has 0 radical (unpaired) electrons. The van der Waals surface area contributed by atoms with E-state index in [4.69, 9.17) is 0 Å². The van der Waals surface area contributed by atoms with Gasteiger partial charge in [-0.3, -0.25) is 4.79 Å². The van der Waals surface area contributed by atoms with Crippen molar-refractivity contribution in [3.63, 3.8) is 0 Å². The van der Waals surface area contributed by atoms with Gasteiger partial charge < -0.3 is 4.90 Å². The Labute approximate surface area is 74.9 Å². The fraction of sp³-hybridized carbons (Fsp3) is 0.900. The molecule has 1 amide bonds. The predicted octanol–water partition coefficient (Wildman–Crippen LogP) is 1.90. The first-order valence-corrected chi connectivity index (χ1v) is 4.81. The van der Waals surface area contributed by atoms with E-state index in [0.29, 0.717) is 30.3 Å². The van der Waals surface area contributed by atoms with E-state index in [-0.39, 0.29) is 0 Å². The van der Waals surface area contributed by atoms with Gasteiger partial charge in [0.2, 0.25) is 5.91 Å². The lowest BCUT2D eigenvalue weighted by Gasteiger charge is -2.23.